The van der Waals surface area contributed by atoms with Gasteiger partial charge in [0.25, 0.3) is 0 Å². The zero-order valence-electron chi connectivity index (χ0n) is 8.55. The molecule has 1 heterocycles. The molecule has 0 saturated heterocycles. The van der Waals surface area contributed by atoms with Crippen molar-refractivity contribution in [2.75, 3.05) is 0 Å². The fourth-order valence-electron chi connectivity index (χ4n) is 1.20. The molecule has 0 aliphatic rings. The van der Waals surface area contributed by atoms with Gasteiger partial charge in [-0.15, -0.1) is 0 Å². The van der Waals surface area contributed by atoms with Crippen LogP contribution in [0.15, 0.2) is 41.1 Å². The topological polar surface area (TPSA) is 44.1 Å². The van der Waals surface area contributed by atoms with E-state index in [1.165, 1.54) is 6.20 Å². The van der Waals surface area contributed by atoms with Crippen molar-refractivity contribution in [1.82, 2.24) is 9.78 Å². The second kappa shape index (κ2) is 4.49. The van der Waals surface area contributed by atoms with Crippen LogP contribution in [-0.2, 0) is 7.05 Å². The van der Waals surface area contributed by atoms with Crippen LogP contribution < -0.4 is 4.74 Å². The van der Waals surface area contributed by atoms with Gasteiger partial charge in [-0.05, 0) is 24.3 Å². The van der Waals surface area contributed by atoms with Crippen molar-refractivity contribution >= 4 is 21.9 Å². The highest BCUT2D eigenvalue weighted by Gasteiger charge is 2.10. The maximum atomic E-state index is 11.6. The first-order chi connectivity index (χ1) is 7.65. The Balaban J connectivity index is 2.10. The number of hydrogen-bond donors (Lipinski definition) is 0. The van der Waals surface area contributed by atoms with Gasteiger partial charge in [0.1, 0.15) is 5.75 Å². The molecular formula is C11H9BrN2O2. The predicted molar refractivity (Wildman–Crippen MR) is 62.3 cm³/mol. The second-order valence-corrected chi connectivity index (χ2v) is 4.16. The molecule has 0 atom stereocenters. The summed E-state index contributed by atoms with van der Waals surface area (Å²) in [4.78, 5) is 11.6. The van der Waals surface area contributed by atoms with E-state index in [0.29, 0.717) is 11.3 Å². The SMILES string of the molecule is Cn1cc(C(=O)Oc2ccc(Br)cc2)cn1. The Labute approximate surface area is 101 Å². The van der Waals surface area contributed by atoms with Crippen molar-refractivity contribution in [2.24, 2.45) is 7.05 Å². The minimum Gasteiger partial charge on any atom is -0.423 e. The van der Waals surface area contributed by atoms with E-state index < -0.39 is 5.97 Å². The Kier molecular flexibility index (Phi) is 3.05. The van der Waals surface area contributed by atoms with E-state index >= 15 is 0 Å². The van der Waals surface area contributed by atoms with Gasteiger partial charge < -0.3 is 4.74 Å². The predicted octanol–water partition coefficient (Wildman–Crippen LogP) is 2.40. The van der Waals surface area contributed by atoms with Gasteiger partial charge in [0.15, 0.2) is 0 Å². The number of carbonyl (C=O) groups excluding carboxylic acids is 1. The van der Waals surface area contributed by atoms with Crippen LogP contribution in [0.3, 0.4) is 0 Å². The van der Waals surface area contributed by atoms with Gasteiger partial charge in [0.05, 0.1) is 11.8 Å². The standard InChI is InChI=1S/C11H9BrN2O2/c1-14-7-8(6-13-14)11(15)16-10-4-2-9(12)3-5-10/h2-7H,1H3. The number of hydrogen-bond acceptors (Lipinski definition) is 3. The molecule has 0 N–H and O–H groups in total. The molecule has 0 bridgehead atoms. The fourth-order valence-corrected chi connectivity index (χ4v) is 1.46. The average Bonchev–Trinajstić information content (AvgIpc) is 2.68. The summed E-state index contributed by atoms with van der Waals surface area (Å²) < 4.78 is 7.65. The molecule has 0 spiro atoms. The summed E-state index contributed by atoms with van der Waals surface area (Å²) in [5.74, 6) is 0.104. The van der Waals surface area contributed by atoms with Crippen molar-refractivity contribution in [2.45, 2.75) is 0 Å². The highest BCUT2D eigenvalue weighted by Crippen LogP contribution is 2.17. The lowest BCUT2D eigenvalue weighted by Crippen LogP contribution is -2.07. The second-order valence-electron chi connectivity index (χ2n) is 3.25. The number of ether oxygens (including phenoxy) is 1. The highest BCUT2D eigenvalue weighted by atomic mass is 79.9. The highest BCUT2D eigenvalue weighted by molar-refractivity contribution is 9.10. The van der Waals surface area contributed by atoms with E-state index in [1.54, 1.807) is 30.1 Å². The zero-order chi connectivity index (χ0) is 11.5. The summed E-state index contributed by atoms with van der Waals surface area (Å²) >= 11 is 3.31. The summed E-state index contributed by atoms with van der Waals surface area (Å²) in [7, 11) is 1.75. The van der Waals surface area contributed by atoms with Crippen LogP contribution in [-0.4, -0.2) is 15.7 Å². The third kappa shape index (κ3) is 2.49. The first-order valence-corrected chi connectivity index (χ1v) is 5.41. The number of aryl methyl sites for hydroxylation is 1. The lowest BCUT2D eigenvalue weighted by atomic mass is 10.3. The average molecular weight is 281 g/mol. The van der Waals surface area contributed by atoms with Crippen LogP contribution in [0.4, 0.5) is 0 Å². The largest absolute Gasteiger partial charge is 0.423 e. The third-order valence-electron chi connectivity index (χ3n) is 1.96. The molecule has 0 aliphatic heterocycles. The molecule has 0 unspecified atom stereocenters. The van der Waals surface area contributed by atoms with E-state index in [4.69, 9.17) is 4.74 Å². The fraction of sp³-hybridized carbons (Fsp3) is 0.0909. The number of benzene rings is 1. The summed E-state index contributed by atoms with van der Waals surface area (Å²) in [6.45, 7) is 0. The summed E-state index contributed by atoms with van der Waals surface area (Å²) in [5, 5.41) is 3.90. The quantitative estimate of drug-likeness (QED) is 0.627. The molecule has 1 aromatic heterocycles. The molecule has 2 aromatic rings. The smallest absolute Gasteiger partial charge is 0.346 e. The molecule has 0 radical (unpaired) electrons. The summed E-state index contributed by atoms with van der Waals surface area (Å²) in [6, 6.07) is 7.06. The first-order valence-electron chi connectivity index (χ1n) is 4.61. The molecule has 0 saturated carbocycles. The molecule has 82 valence electrons. The van der Waals surface area contributed by atoms with Gasteiger partial charge in [-0.2, -0.15) is 5.10 Å². The molecular weight excluding hydrogens is 272 g/mol. The summed E-state index contributed by atoms with van der Waals surface area (Å²) in [6.07, 6.45) is 3.09. The Bertz CT molecular complexity index is 505. The minimum absolute atomic E-state index is 0.407. The summed E-state index contributed by atoms with van der Waals surface area (Å²) in [5.41, 5.74) is 0.436. The molecule has 1 aromatic carbocycles. The van der Waals surface area contributed by atoms with Crippen LogP contribution in [0.1, 0.15) is 10.4 Å². The van der Waals surface area contributed by atoms with Crippen molar-refractivity contribution in [3.63, 3.8) is 0 Å². The van der Waals surface area contributed by atoms with Crippen molar-refractivity contribution in [1.29, 1.82) is 0 Å². The lowest BCUT2D eigenvalue weighted by Gasteiger charge is -2.01. The number of esters is 1. The van der Waals surface area contributed by atoms with E-state index in [0.717, 1.165) is 4.47 Å². The monoisotopic (exact) mass is 280 g/mol. The van der Waals surface area contributed by atoms with Crippen molar-refractivity contribution in [3.8, 4) is 5.75 Å². The molecule has 16 heavy (non-hydrogen) atoms. The van der Waals surface area contributed by atoms with Gasteiger partial charge in [-0.1, -0.05) is 15.9 Å². The van der Waals surface area contributed by atoms with Crippen molar-refractivity contribution < 1.29 is 9.53 Å². The molecule has 0 aliphatic carbocycles. The van der Waals surface area contributed by atoms with Gasteiger partial charge in [0.2, 0.25) is 0 Å². The van der Waals surface area contributed by atoms with Gasteiger partial charge >= 0.3 is 5.97 Å². The van der Waals surface area contributed by atoms with Gasteiger partial charge in [-0.25, -0.2) is 4.79 Å². The molecule has 0 amide bonds. The Hall–Kier alpha value is -1.62. The Morgan fingerprint density at radius 3 is 2.62 bits per heavy atom. The number of carbonyl (C=O) groups is 1. The van der Waals surface area contributed by atoms with E-state index in [9.17, 15) is 4.79 Å². The maximum absolute atomic E-state index is 11.6. The van der Waals surface area contributed by atoms with Crippen LogP contribution >= 0.6 is 15.9 Å². The van der Waals surface area contributed by atoms with Gasteiger partial charge in [-0.3, -0.25) is 4.68 Å². The minimum atomic E-state index is -0.407. The van der Waals surface area contributed by atoms with Crippen LogP contribution in [0.5, 0.6) is 5.75 Å². The van der Waals surface area contributed by atoms with Gasteiger partial charge in [0, 0.05) is 17.7 Å². The maximum Gasteiger partial charge on any atom is 0.346 e. The normalized spacial score (nSPS) is 10.1. The first kappa shape index (κ1) is 10.9. The molecule has 2 rings (SSSR count). The molecule has 0 fully saturated rings. The van der Waals surface area contributed by atoms with Crippen molar-refractivity contribution in [3.05, 3.63) is 46.7 Å². The number of rotatable bonds is 2. The Morgan fingerprint density at radius 1 is 1.38 bits per heavy atom. The van der Waals surface area contributed by atoms with Crippen LogP contribution in [0.2, 0.25) is 0 Å². The number of halogens is 1. The van der Waals surface area contributed by atoms with Crippen LogP contribution in [0, 0.1) is 0 Å². The lowest BCUT2D eigenvalue weighted by molar-refractivity contribution is 0.0734. The Morgan fingerprint density at radius 2 is 2.06 bits per heavy atom. The van der Waals surface area contributed by atoms with E-state index in [-0.39, 0.29) is 0 Å². The van der Waals surface area contributed by atoms with E-state index in [1.807, 2.05) is 12.1 Å². The number of nitrogens with zero attached hydrogens (tertiary/aromatic N) is 2. The molecule has 5 heteroatoms. The third-order valence-corrected chi connectivity index (χ3v) is 2.49. The zero-order valence-corrected chi connectivity index (χ0v) is 10.1. The van der Waals surface area contributed by atoms with Crippen LogP contribution in [0.25, 0.3) is 0 Å². The molecule has 4 nitrogen and oxygen atoms in total. The van der Waals surface area contributed by atoms with E-state index in [2.05, 4.69) is 21.0 Å². The number of aromatic nitrogens is 2.